The number of amides is 2. The van der Waals surface area contributed by atoms with E-state index in [2.05, 4.69) is 10.9 Å². The summed E-state index contributed by atoms with van der Waals surface area (Å²) in [6, 6.07) is 17.6. The number of rotatable bonds is 6. The van der Waals surface area contributed by atoms with Crippen molar-refractivity contribution in [2.45, 2.75) is 13.5 Å². The number of furan rings is 1. The number of carbonyl (C=O) groups is 2. The molecule has 7 heteroatoms. The zero-order chi connectivity index (χ0) is 19.9. The Bertz CT molecular complexity index is 966. The highest BCUT2D eigenvalue weighted by Crippen LogP contribution is 2.19. The predicted molar refractivity (Wildman–Crippen MR) is 102 cm³/mol. The second-order valence-electron chi connectivity index (χ2n) is 5.98. The van der Waals surface area contributed by atoms with Crippen LogP contribution in [0.3, 0.4) is 0 Å². The lowest BCUT2D eigenvalue weighted by molar-refractivity contribution is 0.0827. The van der Waals surface area contributed by atoms with Crippen LogP contribution < -0.4 is 20.3 Å². The first-order valence-corrected chi connectivity index (χ1v) is 8.58. The van der Waals surface area contributed by atoms with Gasteiger partial charge in [0.25, 0.3) is 5.91 Å². The maximum atomic E-state index is 12.3. The summed E-state index contributed by atoms with van der Waals surface area (Å²) in [4.78, 5) is 24.5. The number of para-hydroxylation sites is 1. The molecule has 0 aliphatic carbocycles. The fourth-order valence-electron chi connectivity index (χ4n) is 2.49. The number of aryl methyl sites for hydroxylation is 1. The van der Waals surface area contributed by atoms with Crippen molar-refractivity contribution < 1.29 is 23.5 Å². The average Bonchev–Trinajstić information content (AvgIpc) is 3.20. The molecule has 144 valence electrons. The minimum atomic E-state index is -0.578. The largest absolute Gasteiger partial charge is 0.496 e. The molecule has 1 heterocycles. The molecule has 1 aromatic heterocycles. The Kier molecular flexibility index (Phi) is 5.96. The topological polar surface area (TPSA) is 89.8 Å². The molecule has 0 unspecified atom stereocenters. The fraction of sp³-hybridized carbons (Fsp3) is 0.143. The number of carbonyl (C=O) groups excluding carboxylic acids is 2. The van der Waals surface area contributed by atoms with E-state index in [1.54, 1.807) is 18.2 Å². The summed E-state index contributed by atoms with van der Waals surface area (Å²) in [5.74, 6) is 0.586. The highest BCUT2D eigenvalue weighted by molar-refractivity contribution is 5.99. The van der Waals surface area contributed by atoms with Crippen molar-refractivity contribution in [3.8, 4) is 11.5 Å². The Morgan fingerprint density at radius 2 is 1.71 bits per heavy atom. The second kappa shape index (κ2) is 8.77. The van der Waals surface area contributed by atoms with Gasteiger partial charge in [-0.3, -0.25) is 20.4 Å². The molecule has 0 aliphatic heterocycles. The first-order chi connectivity index (χ1) is 13.6. The summed E-state index contributed by atoms with van der Waals surface area (Å²) in [6.07, 6.45) is 0. The number of hydrogen-bond donors (Lipinski definition) is 2. The Labute approximate surface area is 162 Å². The molecule has 2 N–H and O–H groups in total. The molecular weight excluding hydrogens is 360 g/mol. The highest BCUT2D eigenvalue weighted by Gasteiger charge is 2.16. The van der Waals surface area contributed by atoms with Gasteiger partial charge in [-0.05, 0) is 43.3 Å². The summed E-state index contributed by atoms with van der Waals surface area (Å²) in [7, 11) is 1.47. The van der Waals surface area contributed by atoms with Gasteiger partial charge < -0.3 is 13.9 Å². The van der Waals surface area contributed by atoms with E-state index in [1.165, 1.54) is 13.2 Å². The van der Waals surface area contributed by atoms with Crippen LogP contribution in [-0.4, -0.2) is 18.9 Å². The van der Waals surface area contributed by atoms with Gasteiger partial charge in [-0.15, -0.1) is 0 Å². The molecule has 0 radical (unpaired) electrons. The molecule has 2 amide bonds. The molecule has 0 saturated heterocycles. The molecule has 3 rings (SSSR count). The minimum absolute atomic E-state index is 0.0585. The molecule has 7 nitrogen and oxygen atoms in total. The summed E-state index contributed by atoms with van der Waals surface area (Å²) < 4.78 is 16.2. The molecule has 0 spiro atoms. The quantitative estimate of drug-likeness (QED) is 0.641. The summed E-state index contributed by atoms with van der Waals surface area (Å²) in [5, 5.41) is 0. The van der Waals surface area contributed by atoms with Gasteiger partial charge in [-0.2, -0.15) is 0 Å². The zero-order valence-corrected chi connectivity index (χ0v) is 15.5. The smallest absolute Gasteiger partial charge is 0.305 e. The molecule has 3 aromatic rings. The van der Waals surface area contributed by atoms with Crippen molar-refractivity contribution in [3.63, 3.8) is 0 Å². The third-order valence-electron chi connectivity index (χ3n) is 3.90. The first-order valence-electron chi connectivity index (χ1n) is 8.58. The van der Waals surface area contributed by atoms with E-state index in [0.717, 1.165) is 5.56 Å². The third kappa shape index (κ3) is 4.70. The Balaban J connectivity index is 1.56. The maximum Gasteiger partial charge on any atom is 0.305 e. The van der Waals surface area contributed by atoms with Crippen molar-refractivity contribution in [2.24, 2.45) is 0 Å². The van der Waals surface area contributed by atoms with E-state index in [0.29, 0.717) is 22.8 Å². The van der Waals surface area contributed by atoms with E-state index in [4.69, 9.17) is 13.9 Å². The van der Waals surface area contributed by atoms with E-state index >= 15 is 0 Å². The van der Waals surface area contributed by atoms with E-state index in [1.807, 2.05) is 43.3 Å². The predicted octanol–water partition coefficient (Wildman–Crippen LogP) is 3.25. The van der Waals surface area contributed by atoms with Crippen LogP contribution in [0.5, 0.6) is 11.5 Å². The molecule has 28 heavy (non-hydrogen) atoms. The van der Waals surface area contributed by atoms with Crippen LogP contribution >= 0.6 is 0 Å². The molecule has 0 bridgehead atoms. The SMILES string of the molecule is COc1ccc(C)cc1C(=O)NNC(=O)c1ccc(COc2ccccc2)o1. The number of hydrazine groups is 1. The van der Waals surface area contributed by atoms with Gasteiger partial charge in [0.05, 0.1) is 12.7 Å². The van der Waals surface area contributed by atoms with Crippen LogP contribution in [0.1, 0.15) is 32.2 Å². The number of hydrogen-bond acceptors (Lipinski definition) is 5. The lowest BCUT2D eigenvalue weighted by Gasteiger charge is -2.10. The number of nitrogens with one attached hydrogen (secondary N) is 2. The number of ether oxygens (including phenoxy) is 2. The fourth-order valence-corrected chi connectivity index (χ4v) is 2.49. The Morgan fingerprint density at radius 3 is 2.46 bits per heavy atom. The second-order valence-corrected chi connectivity index (χ2v) is 5.98. The molecule has 2 aromatic carbocycles. The minimum Gasteiger partial charge on any atom is -0.496 e. The molecule has 0 aliphatic rings. The van der Waals surface area contributed by atoms with E-state index < -0.39 is 11.8 Å². The van der Waals surface area contributed by atoms with Gasteiger partial charge in [0.1, 0.15) is 23.9 Å². The normalized spacial score (nSPS) is 10.2. The van der Waals surface area contributed by atoms with E-state index in [9.17, 15) is 9.59 Å². The standard InChI is InChI=1S/C21H20N2O5/c1-14-8-10-18(26-2)17(12-14)20(24)22-23-21(25)19-11-9-16(28-19)13-27-15-6-4-3-5-7-15/h3-12H,13H2,1-2H3,(H,22,24)(H,23,25). The lowest BCUT2D eigenvalue weighted by atomic mass is 10.1. The molecule has 0 atom stereocenters. The Morgan fingerprint density at radius 1 is 0.964 bits per heavy atom. The summed E-state index contributed by atoms with van der Waals surface area (Å²) >= 11 is 0. The van der Waals surface area contributed by atoms with Crippen molar-refractivity contribution in [2.75, 3.05) is 7.11 Å². The average molecular weight is 380 g/mol. The Hall–Kier alpha value is -3.74. The van der Waals surface area contributed by atoms with Gasteiger partial charge in [0, 0.05) is 0 Å². The van der Waals surface area contributed by atoms with Gasteiger partial charge in [0.2, 0.25) is 0 Å². The number of methoxy groups -OCH3 is 1. The van der Waals surface area contributed by atoms with Crippen molar-refractivity contribution >= 4 is 11.8 Å². The van der Waals surface area contributed by atoms with Crippen LogP contribution in [-0.2, 0) is 6.61 Å². The van der Waals surface area contributed by atoms with Crippen LogP contribution in [0.15, 0.2) is 65.1 Å². The van der Waals surface area contributed by atoms with Crippen LogP contribution in [0.4, 0.5) is 0 Å². The van der Waals surface area contributed by atoms with Gasteiger partial charge in [-0.1, -0.05) is 29.8 Å². The van der Waals surface area contributed by atoms with Crippen molar-refractivity contribution in [3.05, 3.63) is 83.3 Å². The van der Waals surface area contributed by atoms with Gasteiger partial charge >= 0.3 is 5.91 Å². The zero-order valence-electron chi connectivity index (χ0n) is 15.5. The summed E-state index contributed by atoms with van der Waals surface area (Å²) in [5.41, 5.74) is 5.90. The molecule has 0 fully saturated rings. The number of benzene rings is 2. The highest BCUT2D eigenvalue weighted by atomic mass is 16.5. The summed E-state index contributed by atoms with van der Waals surface area (Å²) in [6.45, 7) is 2.04. The lowest BCUT2D eigenvalue weighted by Crippen LogP contribution is -2.41. The van der Waals surface area contributed by atoms with E-state index in [-0.39, 0.29) is 12.4 Å². The maximum absolute atomic E-state index is 12.3. The first kappa shape index (κ1) is 19.0. The van der Waals surface area contributed by atoms with Gasteiger partial charge in [-0.25, -0.2) is 0 Å². The third-order valence-corrected chi connectivity index (χ3v) is 3.90. The van der Waals surface area contributed by atoms with Crippen LogP contribution in [0, 0.1) is 6.92 Å². The molecular formula is C21H20N2O5. The van der Waals surface area contributed by atoms with Crippen molar-refractivity contribution in [1.82, 2.24) is 10.9 Å². The monoisotopic (exact) mass is 380 g/mol. The van der Waals surface area contributed by atoms with Crippen LogP contribution in [0.2, 0.25) is 0 Å². The van der Waals surface area contributed by atoms with Gasteiger partial charge in [0.15, 0.2) is 5.76 Å². The van der Waals surface area contributed by atoms with Crippen LogP contribution in [0.25, 0.3) is 0 Å². The van der Waals surface area contributed by atoms with Crippen molar-refractivity contribution in [1.29, 1.82) is 0 Å². The molecule has 0 saturated carbocycles.